The molecule has 1 heterocycles. The molecule has 3 nitrogen and oxygen atoms in total. The number of benzene rings is 3. The molecule has 3 aromatic rings. The van der Waals surface area contributed by atoms with E-state index in [0.717, 1.165) is 21.3 Å². The Bertz CT molecular complexity index is 1130. The highest BCUT2D eigenvalue weighted by atomic mass is 79.9. The Hall–Kier alpha value is -2.48. The van der Waals surface area contributed by atoms with E-state index < -0.39 is 0 Å². The van der Waals surface area contributed by atoms with Gasteiger partial charge in [0.05, 0.1) is 10.6 Å². The van der Waals surface area contributed by atoms with Crippen LogP contribution < -0.4 is 9.64 Å². The highest BCUT2D eigenvalue weighted by molar-refractivity contribution is 9.10. The van der Waals surface area contributed by atoms with Crippen molar-refractivity contribution >= 4 is 61.9 Å². The van der Waals surface area contributed by atoms with Gasteiger partial charge < -0.3 is 4.74 Å². The minimum Gasteiger partial charge on any atom is -0.488 e. The zero-order chi connectivity index (χ0) is 21.1. The van der Waals surface area contributed by atoms with E-state index in [0.29, 0.717) is 15.0 Å². The van der Waals surface area contributed by atoms with Crippen LogP contribution in [0.4, 0.5) is 10.1 Å². The van der Waals surface area contributed by atoms with Crippen molar-refractivity contribution in [3.63, 3.8) is 0 Å². The third kappa shape index (κ3) is 4.64. The van der Waals surface area contributed by atoms with Crippen LogP contribution in [0.3, 0.4) is 0 Å². The summed E-state index contributed by atoms with van der Waals surface area (Å²) >= 11 is 10.2. The molecule has 0 spiro atoms. The number of para-hydroxylation sites is 1. The Morgan fingerprint density at radius 2 is 1.80 bits per heavy atom. The molecule has 30 heavy (non-hydrogen) atoms. The van der Waals surface area contributed by atoms with Crippen molar-refractivity contribution in [3.05, 3.63) is 99.1 Å². The van der Waals surface area contributed by atoms with E-state index in [-0.39, 0.29) is 18.3 Å². The van der Waals surface area contributed by atoms with E-state index in [9.17, 15) is 9.18 Å². The topological polar surface area (TPSA) is 29.5 Å². The third-order valence-electron chi connectivity index (χ3n) is 4.37. The lowest BCUT2D eigenvalue weighted by Gasteiger charge is -2.14. The smallest absolute Gasteiger partial charge is 0.270 e. The van der Waals surface area contributed by atoms with Gasteiger partial charge in [0.1, 0.15) is 18.2 Å². The number of carbonyl (C=O) groups excluding carboxylic acids is 1. The lowest BCUT2D eigenvalue weighted by Crippen LogP contribution is -2.27. The van der Waals surface area contributed by atoms with E-state index in [4.69, 9.17) is 17.0 Å². The molecule has 0 atom stereocenters. The Morgan fingerprint density at radius 1 is 1.07 bits per heavy atom. The average Bonchev–Trinajstić information content (AvgIpc) is 3.02. The van der Waals surface area contributed by atoms with Crippen LogP contribution in [-0.4, -0.2) is 10.2 Å². The lowest BCUT2D eigenvalue weighted by molar-refractivity contribution is -0.113. The van der Waals surface area contributed by atoms with Crippen LogP contribution in [-0.2, 0) is 11.4 Å². The SMILES string of the molecule is O=C1/C(=C\c2cc(Br)ccc2OCc2ccc(F)cc2)SC(=S)N1c1ccccc1. The van der Waals surface area contributed by atoms with E-state index in [1.54, 1.807) is 18.2 Å². The molecule has 3 aromatic carbocycles. The van der Waals surface area contributed by atoms with E-state index in [2.05, 4.69) is 15.9 Å². The Kier molecular flexibility index (Phi) is 6.32. The molecule has 1 aliphatic rings. The summed E-state index contributed by atoms with van der Waals surface area (Å²) in [5.41, 5.74) is 2.34. The zero-order valence-electron chi connectivity index (χ0n) is 15.5. The first kappa shape index (κ1) is 20.8. The second-order valence-corrected chi connectivity index (χ2v) is 9.04. The fourth-order valence-corrected chi connectivity index (χ4v) is 4.58. The normalized spacial score (nSPS) is 15.1. The molecule has 0 N–H and O–H groups in total. The molecule has 0 bridgehead atoms. The number of halogens is 2. The first-order valence-corrected chi connectivity index (χ1v) is 11.0. The number of carbonyl (C=O) groups is 1. The summed E-state index contributed by atoms with van der Waals surface area (Å²) in [6.45, 7) is 0.285. The van der Waals surface area contributed by atoms with Crippen LogP contribution in [0.25, 0.3) is 6.08 Å². The Morgan fingerprint density at radius 3 is 2.53 bits per heavy atom. The lowest BCUT2D eigenvalue weighted by atomic mass is 10.1. The summed E-state index contributed by atoms with van der Waals surface area (Å²) < 4.78 is 20.4. The monoisotopic (exact) mass is 499 g/mol. The van der Waals surface area contributed by atoms with E-state index >= 15 is 0 Å². The van der Waals surface area contributed by atoms with Gasteiger partial charge in [0.2, 0.25) is 0 Å². The second kappa shape index (κ2) is 9.12. The summed E-state index contributed by atoms with van der Waals surface area (Å²) in [6, 6.07) is 21.1. The van der Waals surface area contributed by atoms with Gasteiger partial charge in [0.25, 0.3) is 5.91 Å². The number of rotatable bonds is 5. The maximum absolute atomic E-state index is 13.1. The molecule has 150 valence electrons. The van der Waals surface area contributed by atoms with Gasteiger partial charge in [-0.15, -0.1) is 0 Å². The van der Waals surface area contributed by atoms with Crippen LogP contribution in [0.1, 0.15) is 11.1 Å². The van der Waals surface area contributed by atoms with Crippen LogP contribution in [0.15, 0.2) is 82.2 Å². The van der Waals surface area contributed by atoms with E-state index in [1.807, 2.05) is 48.5 Å². The quantitative estimate of drug-likeness (QED) is 0.293. The first-order chi connectivity index (χ1) is 14.5. The highest BCUT2D eigenvalue weighted by Gasteiger charge is 2.33. The van der Waals surface area contributed by atoms with Gasteiger partial charge in [-0.25, -0.2) is 4.39 Å². The first-order valence-electron chi connectivity index (χ1n) is 9.01. The number of amides is 1. The molecule has 0 aliphatic carbocycles. The number of thiocarbonyl (C=S) groups is 1. The van der Waals surface area contributed by atoms with Crippen molar-refractivity contribution in [3.8, 4) is 5.75 Å². The molecule has 7 heteroatoms. The van der Waals surface area contributed by atoms with Crippen LogP contribution in [0, 0.1) is 5.82 Å². The van der Waals surface area contributed by atoms with Gasteiger partial charge in [0, 0.05) is 10.0 Å². The average molecular weight is 500 g/mol. The highest BCUT2D eigenvalue weighted by Crippen LogP contribution is 2.37. The minimum atomic E-state index is -0.288. The van der Waals surface area contributed by atoms with Crippen molar-refractivity contribution in [2.75, 3.05) is 4.90 Å². The molecule has 1 fully saturated rings. The van der Waals surface area contributed by atoms with Crippen molar-refractivity contribution in [2.24, 2.45) is 0 Å². The number of thioether (sulfide) groups is 1. The maximum Gasteiger partial charge on any atom is 0.270 e. The molecule has 0 unspecified atom stereocenters. The Labute approximate surface area is 191 Å². The molecule has 1 amide bonds. The number of nitrogens with zero attached hydrogens (tertiary/aromatic N) is 1. The summed E-state index contributed by atoms with van der Waals surface area (Å²) in [5, 5.41) is 0. The zero-order valence-corrected chi connectivity index (χ0v) is 18.8. The summed E-state index contributed by atoms with van der Waals surface area (Å²) in [7, 11) is 0. The molecule has 1 saturated heterocycles. The summed E-state index contributed by atoms with van der Waals surface area (Å²) in [5.74, 6) is 0.164. The predicted molar refractivity (Wildman–Crippen MR) is 127 cm³/mol. The predicted octanol–water partition coefficient (Wildman–Crippen LogP) is 6.57. The second-order valence-electron chi connectivity index (χ2n) is 6.45. The van der Waals surface area contributed by atoms with Crippen molar-refractivity contribution in [1.82, 2.24) is 0 Å². The number of anilines is 1. The minimum absolute atomic E-state index is 0.166. The van der Waals surface area contributed by atoms with Crippen LogP contribution in [0.2, 0.25) is 0 Å². The van der Waals surface area contributed by atoms with Gasteiger partial charge in [-0.1, -0.05) is 70.2 Å². The fraction of sp³-hybridized carbons (Fsp3) is 0.0435. The van der Waals surface area contributed by atoms with Gasteiger partial charge in [0.15, 0.2) is 4.32 Å². The van der Waals surface area contributed by atoms with Gasteiger partial charge in [-0.3, -0.25) is 9.69 Å². The van der Waals surface area contributed by atoms with Crippen LogP contribution >= 0.6 is 39.9 Å². The summed E-state index contributed by atoms with van der Waals surface area (Å²) in [6.07, 6.45) is 1.78. The summed E-state index contributed by atoms with van der Waals surface area (Å²) in [4.78, 5) is 15.0. The number of hydrogen-bond donors (Lipinski definition) is 0. The molecule has 0 saturated carbocycles. The number of hydrogen-bond acceptors (Lipinski definition) is 4. The largest absolute Gasteiger partial charge is 0.488 e. The molecular weight excluding hydrogens is 485 g/mol. The van der Waals surface area contributed by atoms with Gasteiger partial charge >= 0.3 is 0 Å². The van der Waals surface area contributed by atoms with Gasteiger partial charge in [-0.2, -0.15) is 0 Å². The Balaban J connectivity index is 1.60. The molecule has 4 rings (SSSR count). The fourth-order valence-electron chi connectivity index (χ4n) is 2.91. The van der Waals surface area contributed by atoms with Crippen molar-refractivity contribution in [1.29, 1.82) is 0 Å². The maximum atomic E-state index is 13.1. The molecule has 1 aliphatic heterocycles. The third-order valence-corrected chi connectivity index (χ3v) is 6.17. The standard InChI is InChI=1S/C23H15BrFNO2S2/c24-17-8-11-20(28-14-15-6-9-18(25)10-7-15)16(12-17)13-21-22(27)26(23(29)30-21)19-4-2-1-3-5-19/h1-13H,14H2/b21-13+. The van der Waals surface area contributed by atoms with Crippen LogP contribution in [0.5, 0.6) is 5.75 Å². The molecule has 0 aromatic heterocycles. The number of ether oxygens (including phenoxy) is 1. The molecular formula is C23H15BrFNO2S2. The molecule has 0 radical (unpaired) electrons. The van der Waals surface area contributed by atoms with Crippen molar-refractivity contribution in [2.45, 2.75) is 6.61 Å². The van der Waals surface area contributed by atoms with Gasteiger partial charge in [-0.05, 0) is 54.1 Å². The van der Waals surface area contributed by atoms with E-state index in [1.165, 1.54) is 28.8 Å². The van der Waals surface area contributed by atoms with Crippen molar-refractivity contribution < 1.29 is 13.9 Å².